The van der Waals surface area contributed by atoms with Crippen molar-refractivity contribution in [2.24, 2.45) is 5.18 Å². The molecule has 34 heavy (non-hydrogen) atoms. The molecule has 0 saturated carbocycles. The monoisotopic (exact) mass is 456 g/mol. The molecular weight excluding hydrogens is 432 g/mol. The first-order valence-corrected chi connectivity index (χ1v) is 11.3. The van der Waals surface area contributed by atoms with Gasteiger partial charge in [0.25, 0.3) is 5.91 Å². The molecule has 172 valence electrons. The molecule has 2 atom stereocenters. The molecule has 9 heteroatoms. The van der Waals surface area contributed by atoms with E-state index in [9.17, 15) is 9.70 Å². The Morgan fingerprint density at radius 1 is 1.03 bits per heavy atom. The number of carbonyl (C=O) groups excluding carboxylic acids is 1. The SMILES string of the molecule is O=NCC1CCC(n2cnc3c(N(CCc4ccccc4)C(=O)c4ccccc4)ncnc32)O1. The molecule has 2 aromatic heterocycles. The van der Waals surface area contributed by atoms with Crippen LogP contribution in [0.2, 0.25) is 0 Å². The molecule has 0 N–H and O–H groups in total. The molecular formula is C25H24N6O3. The summed E-state index contributed by atoms with van der Waals surface area (Å²) in [5.41, 5.74) is 2.81. The first kappa shape index (κ1) is 21.8. The zero-order valence-corrected chi connectivity index (χ0v) is 18.5. The van der Waals surface area contributed by atoms with Gasteiger partial charge in [-0.05, 0) is 37.0 Å². The summed E-state index contributed by atoms with van der Waals surface area (Å²) in [6.45, 7) is 0.561. The van der Waals surface area contributed by atoms with Crippen LogP contribution in [-0.4, -0.2) is 44.6 Å². The predicted molar refractivity (Wildman–Crippen MR) is 127 cm³/mol. The van der Waals surface area contributed by atoms with Crippen molar-refractivity contribution in [2.45, 2.75) is 31.6 Å². The lowest BCUT2D eigenvalue weighted by molar-refractivity contribution is 0.00876. The Kier molecular flexibility index (Phi) is 6.35. The number of nitroso groups, excluding NO2 is 1. The van der Waals surface area contributed by atoms with Crippen molar-refractivity contribution in [3.63, 3.8) is 0 Å². The molecule has 0 aliphatic carbocycles. The number of anilines is 1. The van der Waals surface area contributed by atoms with Crippen molar-refractivity contribution in [1.29, 1.82) is 0 Å². The number of carbonyl (C=O) groups is 1. The predicted octanol–water partition coefficient (Wildman–Crippen LogP) is 4.16. The fourth-order valence-corrected chi connectivity index (χ4v) is 4.28. The number of benzene rings is 2. The highest BCUT2D eigenvalue weighted by molar-refractivity contribution is 6.08. The topological polar surface area (TPSA) is 103 Å². The lowest BCUT2D eigenvalue weighted by Gasteiger charge is -2.22. The molecule has 2 unspecified atom stereocenters. The summed E-state index contributed by atoms with van der Waals surface area (Å²) in [4.78, 5) is 39.3. The smallest absolute Gasteiger partial charge is 0.259 e. The van der Waals surface area contributed by atoms with Gasteiger partial charge in [-0.2, -0.15) is 4.91 Å². The standard InChI is InChI=1S/C25H24N6O3/c32-25(19-9-5-2-6-10-19)30(14-13-18-7-3-1-4-8-18)23-22-24(27-16-26-23)31(17-28-22)21-12-11-20(34-21)15-29-33/h1-10,16-17,20-21H,11-15H2. The van der Waals surface area contributed by atoms with E-state index in [0.29, 0.717) is 35.5 Å². The van der Waals surface area contributed by atoms with Crippen molar-refractivity contribution >= 4 is 22.9 Å². The summed E-state index contributed by atoms with van der Waals surface area (Å²) in [7, 11) is 0. The normalized spacial score (nSPS) is 17.6. The van der Waals surface area contributed by atoms with Crippen molar-refractivity contribution in [2.75, 3.05) is 18.0 Å². The lowest BCUT2D eigenvalue weighted by atomic mass is 10.1. The molecule has 4 aromatic rings. The second-order valence-corrected chi connectivity index (χ2v) is 8.18. The zero-order valence-electron chi connectivity index (χ0n) is 18.5. The second-order valence-electron chi connectivity index (χ2n) is 8.18. The van der Waals surface area contributed by atoms with E-state index in [2.05, 4.69) is 20.1 Å². The van der Waals surface area contributed by atoms with Gasteiger partial charge in [-0.15, -0.1) is 0 Å². The van der Waals surface area contributed by atoms with Crippen molar-refractivity contribution in [3.05, 3.63) is 89.4 Å². The molecule has 1 fully saturated rings. The van der Waals surface area contributed by atoms with Crippen LogP contribution in [0.5, 0.6) is 0 Å². The Balaban J connectivity index is 1.49. The Hall–Kier alpha value is -3.98. The minimum atomic E-state index is -0.290. The maximum Gasteiger partial charge on any atom is 0.259 e. The lowest BCUT2D eigenvalue weighted by Crippen LogP contribution is -2.34. The molecule has 5 rings (SSSR count). The van der Waals surface area contributed by atoms with E-state index in [-0.39, 0.29) is 24.8 Å². The summed E-state index contributed by atoms with van der Waals surface area (Å²) in [6, 6.07) is 19.2. The number of hydrogen-bond acceptors (Lipinski definition) is 7. The summed E-state index contributed by atoms with van der Waals surface area (Å²) in [5.74, 6) is 0.304. The first-order chi connectivity index (χ1) is 16.7. The number of fused-ring (bicyclic) bond motifs is 1. The zero-order chi connectivity index (χ0) is 23.3. The second kappa shape index (κ2) is 9.88. The molecule has 0 bridgehead atoms. The highest BCUT2D eigenvalue weighted by Gasteiger charge is 2.30. The van der Waals surface area contributed by atoms with Crippen LogP contribution in [0.4, 0.5) is 5.82 Å². The van der Waals surface area contributed by atoms with E-state index in [1.807, 2.05) is 53.1 Å². The molecule has 1 amide bonds. The largest absolute Gasteiger partial charge is 0.353 e. The Morgan fingerprint density at radius 2 is 1.79 bits per heavy atom. The van der Waals surface area contributed by atoms with E-state index < -0.39 is 0 Å². The maximum atomic E-state index is 13.6. The number of hydrogen-bond donors (Lipinski definition) is 0. The third-order valence-electron chi connectivity index (χ3n) is 6.00. The number of ether oxygens (including phenoxy) is 1. The quantitative estimate of drug-likeness (QED) is 0.369. The van der Waals surface area contributed by atoms with Gasteiger partial charge in [0.1, 0.15) is 19.1 Å². The van der Waals surface area contributed by atoms with Crippen LogP contribution < -0.4 is 4.90 Å². The van der Waals surface area contributed by atoms with Gasteiger partial charge in [0, 0.05) is 12.1 Å². The summed E-state index contributed by atoms with van der Waals surface area (Å²) in [6.07, 6.45) is 4.74. The number of amides is 1. The molecule has 1 aliphatic heterocycles. The third kappa shape index (κ3) is 4.42. The average Bonchev–Trinajstić information content (AvgIpc) is 3.53. The molecule has 2 aromatic carbocycles. The third-order valence-corrected chi connectivity index (χ3v) is 6.00. The van der Waals surface area contributed by atoms with Crippen LogP contribution in [0.25, 0.3) is 11.2 Å². The van der Waals surface area contributed by atoms with Gasteiger partial charge in [0.05, 0.1) is 12.4 Å². The Morgan fingerprint density at radius 3 is 2.56 bits per heavy atom. The van der Waals surface area contributed by atoms with Gasteiger partial charge in [-0.3, -0.25) is 14.3 Å². The molecule has 3 heterocycles. The van der Waals surface area contributed by atoms with E-state index in [1.165, 1.54) is 6.33 Å². The van der Waals surface area contributed by atoms with Crippen LogP contribution in [0.1, 0.15) is 35.0 Å². The van der Waals surface area contributed by atoms with E-state index in [0.717, 1.165) is 18.4 Å². The molecule has 1 saturated heterocycles. The molecule has 9 nitrogen and oxygen atoms in total. The summed E-state index contributed by atoms with van der Waals surface area (Å²) in [5, 5.41) is 2.96. The van der Waals surface area contributed by atoms with Crippen molar-refractivity contribution in [1.82, 2.24) is 19.5 Å². The van der Waals surface area contributed by atoms with Crippen LogP contribution in [0.3, 0.4) is 0 Å². The van der Waals surface area contributed by atoms with Crippen LogP contribution >= 0.6 is 0 Å². The van der Waals surface area contributed by atoms with E-state index in [1.54, 1.807) is 23.4 Å². The van der Waals surface area contributed by atoms with Gasteiger partial charge in [0.2, 0.25) is 0 Å². The molecule has 0 spiro atoms. The fraction of sp³-hybridized carbons (Fsp3) is 0.280. The van der Waals surface area contributed by atoms with Gasteiger partial charge in [0.15, 0.2) is 17.0 Å². The van der Waals surface area contributed by atoms with Crippen molar-refractivity contribution < 1.29 is 9.53 Å². The van der Waals surface area contributed by atoms with E-state index in [4.69, 9.17) is 4.74 Å². The van der Waals surface area contributed by atoms with E-state index >= 15 is 0 Å². The Labute approximate surface area is 196 Å². The van der Waals surface area contributed by atoms with Crippen molar-refractivity contribution in [3.8, 4) is 0 Å². The van der Waals surface area contributed by atoms with Gasteiger partial charge >= 0.3 is 0 Å². The fourth-order valence-electron chi connectivity index (χ4n) is 4.28. The van der Waals surface area contributed by atoms with Gasteiger partial charge in [-0.25, -0.2) is 15.0 Å². The summed E-state index contributed by atoms with van der Waals surface area (Å²) < 4.78 is 7.81. The minimum Gasteiger partial charge on any atom is -0.353 e. The number of nitrogens with zero attached hydrogens (tertiary/aromatic N) is 6. The first-order valence-electron chi connectivity index (χ1n) is 11.3. The number of imidazole rings is 1. The minimum absolute atomic E-state index is 0.127. The van der Waals surface area contributed by atoms with Gasteiger partial charge in [-0.1, -0.05) is 53.7 Å². The number of rotatable bonds is 8. The van der Waals surface area contributed by atoms with Crippen LogP contribution in [0, 0.1) is 4.91 Å². The van der Waals surface area contributed by atoms with Crippen LogP contribution in [-0.2, 0) is 11.2 Å². The van der Waals surface area contributed by atoms with Crippen LogP contribution in [0.15, 0.2) is 78.5 Å². The highest BCUT2D eigenvalue weighted by Crippen LogP contribution is 2.32. The molecule has 1 aliphatic rings. The van der Waals surface area contributed by atoms with Gasteiger partial charge < -0.3 is 4.74 Å². The average molecular weight is 457 g/mol. The summed E-state index contributed by atoms with van der Waals surface area (Å²) >= 11 is 0. The molecule has 0 radical (unpaired) electrons. The number of aromatic nitrogens is 4. The maximum absolute atomic E-state index is 13.6. The Bertz CT molecular complexity index is 1280. The highest BCUT2D eigenvalue weighted by atomic mass is 16.5.